The van der Waals surface area contributed by atoms with Crippen LogP contribution < -0.4 is 4.74 Å². The lowest BCUT2D eigenvalue weighted by atomic mass is 10.0. The summed E-state index contributed by atoms with van der Waals surface area (Å²) < 4.78 is 11.1. The predicted octanol–water partition coefficient (Wildman–Crippen LogP) is 6.51. The topological polar surface area (TPSA) is 44.9 Å². The van der Waals surface area contributed by atoms with Gasteiger partial charge in [0.15, 0.2) is 0 Å². The van der Waals surface area contributed by atoms with E-state index < -0.39 is 0 Å². The fraction of sp³-hybridized carbons (Fsp3) is 0.360. The molecule has 0 aliphatic rings. The van der Waals surface area contributed by atoms with Crippen molar-refractivity contribution in [1.29, 1.82) is 0 Å². The number of halogens is 1. The highest BCUT2D eigenvalue weighted by Gasteiger charge is 2.21. The summed E-state index contributed by atoms with van der Waals surface area (Å²) in [6, 6.07) is 10.9. The molecule has 0 aliphatic heterocycles. The Morgan fingerprint density at radius 2 is 1.94 bits per heavy atom. The summed E-state index contributed by atoms with van der Waals surface area (Å²) >= 11 is 5.68. The van der Waals surface area contributed by atoms with E-state index in [0.717, 1.165) is 56.1 Å². The standard InChI is InChI=1S/C25H29BrN4OS/c1-16(2)18-6-8-19(9-7-18)25-28-23-22(26)20(15-29-14-17(3)13-27-29)12-21(31-4)24(23)30(25)10-11-32-5/h6-9,12-14,16H,10-11,15H2,1-5H3. The van der Waals surface area contributed by atoms with E-state index in [-0.39, 0.29) is 0 Å². The molecule has 0 spiro atoms. The van der Waals surface area contributed by atoms with Gasteiger partial charge in [0.1, 0.15) is 22.6 Å². The van der Waals surface area contributed by atoms with Gasteiger partial charge in [-0.2, -0.15) is 16.9 Å². The van der Waals surface area contributed by atoms with E-state index in [1.807, 2.05) is 35.8 Å². The van der Waals surface area contributed by atoms with Gasteiger partial charge in [0.25, 0.3) is 0 Å². The van der Waals surface area contributed by atoms with Crippen LogP contribution in [-0.2, 0) is 13.1 Å². The quantitative estimate of drug-likeness (QED) is 0.269. The molecule has 0 unspecified atom stereocenters. The molecule has 5 nitrogen and oxygen atoms in total. The number of thioether (sulfide) groups is 1. The molecule has 0 N–H and O–H groups in total. The first-order valence-electron chi connectivity index (χ1n) is 10.8. The highest BCUT2D eigenvalue weighted by molar-refractivity contribution is 9.10. The Labute approximate surface area is 202 Å². The van der Waals surface area contributed by atoms with Gasteiger partial charge in [-0.3, -0.25) is 4.68 Å². The first-order chi connectivity index (χ1) is 15.4. The van der Waals surface area contributed by atoms with E-state index >= 15 is 0 Å². The van der Waals surface area contributed by atoms with Crippen molar-refractivity contribution in [2.24, 2.45) is 0 Å². The Morgan fingerprint density at radius 3 is 2.53 bits per heavy atom. The second-order valence-corrected chi connectivity index (χ2v) is 10.1. The number of methoxy groups -OCH3 is 1. The molecular weight excluding hydrogens is 484 g/mol. The van der Waals surface area contributed by atoms with Crippen LogP contribution in [0.1, 0.15) is 36.5 Å². The third-order valence-electron chi connectivity index (χ3n) is 5.67. The van der Waals surface area contributed by atoms with Crippen molar-refractivity contribution in [3.63, 3.8) is 0 Å². The smallest absolute Gasteiger partial charge is 0.145 e. The van der Waals surface area contributed by atoms with Crippen molar-refractivity contribution in [2.45, 2.75) is 39.8 Å². The summed E-state index contributed by atoms with van der Waals surface area (Å²) in [4.78, 5) is 5.12. The molecule has 4 aromatic rings. The van der Waals surface area contributed by atoms with Crippen LogP contribution in [0.4, 0.5) is 0 Å². The zero-order valence-corrected chi connectivity index (χ0v) is 21.6. The molecule has 4 rings (SSSR count). The Hall–Kier alpha value is -2.25. The van der Waals surface area contributed by atoms with Gasteiger partial charge < -0.3 is 9.30 Å². The van der Waals surface area contributed by atoms with Crippen LogP contribution in [0.15, 0.2) is 47.2 Å². The van der Waals surface area contributed by atoms with Gasteiger partial charge in [0, 0.05) is 24.1 Å². The number of hydrogen-bond acceptors (Lipinski definition) is 4. The minimum Gasteiger partial charge on any atom is -0.494 e. The van der Waals surface area contributed by atoms with Crippen LogP contribution in [0.2, 0.25) is 0 Å². The minimum absolute atomic E-state index is 0.502. The zero-order chi connectivity index (χ0) is 22.8. The van der Waals surface area contributed by atoms with E-state index in [1.165, 1.54) is 5.56 Å². The predicted molar refractivity (Wildman–Crippen MR) is 138 cm³/mol. The van der Waals surface area contributed by atoms with Crippen molar-refractivity contribution in [3.8, 4) is 17.1 Å². The van der Waals surface area contributed by atoms with Crippen molar-refractivity contribution in [2.75, 3.05) is 19.1 Å². The maximum absolute atomic E-state index is 5.87. The van der Waals surface area contributed by atoms with Crippen LogP contribution >= 0.6 is 27.7 Å². The number of aryl methyl sites for hydroxylation is 2. The van der Waals surface area contributed by atoms with Crippen LogP contribution in [0.3, 0.4) is 0 Å². The van der Waals surface area contributed by atoms with E-state index in [9.17, 15) is 0 Å². The van der Waals surface area contributed by atoms with E-state index in [1.54, 1.807) is 7.11 Å². The molecule has 2 heterocycles. The second kappa shape index (κ2) is 9.71. The average molecular weight is 514 g/mol. The van der Waals surface area contributed by atoms with Crippen molar-refractivity contribution in [3.05, 3.63) is 63.9 Å². The first kappa shape index (κ1) is 22.9. The number of nitrogens with zero attached hydrogens (tertiary/aromatic N) is 4. The molecule has 2 aromatic heterocycles. The van der Waals surface area contributed by atoms with E-state index in [2.05, 4.69) is 76.0 Å². The Morgan fingerprint density at radius 1 is 1.19 bits per heavy atom. The molecule has 0 aliphatic carbocycles. The van der Waals surface area contributed by atoms with Gasteiger partial charge in [-0.1, -0.05) is 38.1 Å². The molecule has 0 bridgehead atoms. The Kier molecular flexibility index (Phi) is 6.96. The summed E-state index contributed by atoms with van der Waals surface area (Å²) in [5.74, 6) is 3.30. The summed E-state index contributed by atoms with van der Waals surface area (Å²) in [5.41, 5.74) is 6.63. The van der Waals surface area contributed by atoms with E-state index in [4.69, 9.17) is 9.72 Å². The second-order valence-electron chi connectivity index (χ2n) is 8.32. The lowest BCUT2D eigenvalue weighted by Crippen LogP contribution is -2.05. The van der Waals surface area contributed by atoms with Crippen molar-refractivity contribution in [1.82, 2.24) is 19.3 Å². The third kappa shape index (κ3) is 4.46. The fourth-order valence-electron chi connectivity index (χ4n) is 3.93. The monoisotopic (exact) mass is 512 g/mol. The summed E-state index contributed by atoms with van der Waals surface area (Å²) in [5, 5.41) is 4.45. The summed E-state index contributed by atoms with van der Waals surface area (Å²) in [6.07, 6.45) is 6.05. The lowest BCUT2D eigenvalue weighted by Gasteiger charge is -2.13. The number of ether oxygens (including phenoxy) is 1. The van der Waals surface area contributed by atoms with Gasteiger partial charge >= 0.3 is 0 Å². The third-order valence-corrected chi connectivity index (χ3v) is 7.14. The van der Waals surface area contributed by atoms with Crippen molar-refractivity contribution >= 4 is 38.7 Å². The molecule has 0 saturated heterocycles. The zero-order valence-electron chi connectivity index (χ0n) is 19.2. The van der Waals surface area contributed by atoms with Gasteiger partial charge in [0.05, 0.1) is 24.3 Å². The largest absolute Gasteiger partial charge is 0.494 e. The average Bonchev–Trinajstić information content (AvgIpc) is 3.38. The molecule has 0 radical (unpaired) electrons. The van der Waals surface area contributed by atoms with Gasteiger partial charge in [-0.25, -0.2) is 4.98 Å². The molecule has 0 amide bonds. The molecule has 0 saturated carbocycles. The first-order valence-corrected chi connectivity index (χ1v) is 13.0. The normalized spacial score (nSPS) is 11.6. The SMILES string of the molecule is COc1cc(Cn2cc(C)cn2)c(Br)c2nc(-c3ccc(C(C)C)cc3)n(CCSC)c12. The van der Waals surface area contributed by atoms with Crippen LogP contribution in [0.5, 0.6) is 5.75 Å². The minimum atomic E-state index is 0.502. The maximum Gasteiger partial charge on any atom is 0.145 e. The Bertz CT molecular complexity index is 1230. The lowest BCUT2D eigenvalue weighted by molar-refractivity contribution is 0.416. The van der Waals surface area contributed by atoms with Crippen LogP contribution in [0.25, 0.3) is 22.4 Å². The molecule has 2 aromatic carbocycles. The van der Waals surface area contributed by atoms with Gasteiger partial charge in [-0.05, 0) is 57.8 Å². The number of aromatic nitrogens is 4. The molecule has 7 heteroatoms. The van der Waals surface area contributed by atoms with Gasteiger partial charge in [-0.15, -0.1) is 0 Å². The molecular formula is C25H29BrN4OS. The molecule has 0 atom stereocenters. The highest BCUT2D eigenvalue weighted by atomic mass is 79.9. The number of fused-ring (bicyclic) bond motifs is 1. The summed E-state index contributed by atoms with van der Waals surface area (Å²) in [7, 11) is 1.73. The molecule has 0 fully saturated rings. The number of rotatable bonds is 8. The van der Waals surface area contributed by atoms with Crippen molar-refractivity contribution < 1.29 is 4.74 Å². The fourth-order valence-corrected chi connectivity index (χ4v) is 4.82. The summed E-state index contributed by atoms with van der Waals surface area (Å²) in [6.45, 7) is 7.99. The highest BCUT2D eigenvalue weighted by Crippen LogP contribution is 2.38. The molecule has 168 valence electrons. The van der Waals surface area contributed by atoms with Crippen LogP contribution in [-0.4, -0.2) is 38.4 Å². The van der Waals surface area contributed by atoms with Crippen LogP contribution in [0, 0.1) is 6.92 Å². The van der Waals surface area contributed by atoms with Gasteiger partial charge in [0.2, 0.25) is 0 Å². The number of hydrogen-bond donors (Lipinski definition) is 0. The Balaban J connectivity index is 1.88. The number of benzene rings is 2. The maximum atomic E-state index is 5.87. The molecule has 32 heavy (non-hydrogen) atoms. The number of imidazole rings is 1. The van der Waals surface area contributed by atoms with E-state index in [0.29, 0.717) is 12.5 Å².